The summed E-state index contributed by atoms with van der Waals surface area (Å²) in [5.74, 6) is 1.70. The SMILES string of the molecule is CCNC(c1ccsc1C)c1c(OC)cccc1OC. The van der Waals surface area contributed by atoms with Gasteiger partial charge in [-0.1, -0.05) is 13.0 Å². The van der Waals surface area contributed by atoms with E-state index in [0.717, 1.165) is 23.6 Å². The molecule has 20 heavy (non-hydrogen) atoms. The molecule has 0 amide bonds. The molecule has 1 aromatic carbocycles. The number of ether oxygens (including phenoxy) is 2. The first-order valence-corrected chi connectivity index (χ1v) is 7.59. The van der Waals surface area contributed by atoms with Crippen LogP contribution in [0.2, 0.25) is 0 Å². The second kappa shape index (κ2) is 6.77. The number of nitrogens with one attached hydrogen (secondary N) is 1. The van der Waals surface area contributed by atoms with E-state index < -0.39 is 0 Å². The lowest BCUT2D eigenvalue weighted by atomic mass is 9.97. The summed E-state index contributed by atoms with van der Waals surface area (Å²) < 4.78 is 11.1. The normalized spacial score (nSPS) is 12.2. The van der Waals surface area contributed by atoms with Crippen LogP contribution in [0.4, 0.5) is 0 Å². The van der Waals surface area contributed by atoms with Gasteiger partial charge in [0.25, 0.3) is 0 Å². The van der Waals surface area contributed by atoms with Gasteiger partial charge in [-0.05, 0) is 42.6 Å². The lowest BCUT2D eigenvalue weighted by molar-refractivity contribution is 0.377. The van der Waals surface area contributed by atoms with Gasteiger partial charge in [0.05, 0.1) is 25.8 Å². The minimum Gasteiger partial charge on any atom is -0.496 e. The number of benzene rings is 1. The van der Waals surface area contributed by atoms with E-state index in [9.17, 15) is 0 Å². The third-order valence-corrected chi connectivity index (χ3v) is 4.23. The van der Waals surface area contributed by atoms with Gasteiger partial charge in [-0.15, -0.1) is 11.3 Å². The zero-order chi connectivity index (χ0) is 14.5. The zero-order valence-electron chi connectivity index (χ0n) is 12.4. The number of methoxy groups -OCH3 is 2. The Bertz CT molecular complexity index is 543. The van der Waals surface area contributed by atoms with Crippen molar-refractivity contribution < 1.29 is 9.47 Å². The minimum atomic E-state index is 0.0809. The van der Waals surface area contributed by atoms with Gasteiger partial charge in [0, 0.05) is 4.88 Å². The molecule has 0 aliphatic carbocycles. The minimum absolute atomic E-state index is 0.0809. The highest BCUT2D eigenvalue weighted by molar-refractivity contribution is 7.10. The van der Waals surface area contributed by atoms with Crippen LogP contribution < -0.4 is 14.8 Å². The molecular formula is C16H21NO2S. The third kappa shape index (κ3) is 2.81. The molecule has 0 radical (unpaired) electrons. The summed E-state index contributed by atoms with van der Waals surface area (Å²) in [5, 5.41) is 5.66. The van der Waals surface area contributed by atoms with E-state index >= 15 is 0 Å². The molecule has 0 aliphatic heterocycles. The van der Waals surface area contributed by atoms with Gasteiger partial charge in [0.1, 0.15) is 11.5 Å². The maximum Gasteiger partial charge on any atom is 0.127 e. The molecule has 0 spiro atoms. The van der Waals surface area contributed by atoms with E-state index in [0.29, 0.717) is 0 Å². The van der Waals surface area contributed by atoms with E-state index in [-0.39, 0.29) is 6.04 Å². The van der Waals surface area contributed by atoms with Crippen LogP contribution in [0.25, 0.3) is 0 Å². The quantitative estimate of drug-likeness (QED) is 0.878. The Morgan fingerprint density at radius 3 is 2.25 bits per heavy atom. The van der Waals surface area contributed by atoms with Crippen LogP contribution in [0.3, 0.4) is 0 Å². The molecule has 1 unspecified atom stereocenters. The Labute approximate surface area is 124 Å². The van der Waals surface area contributed by atoms with Crippen LogP contribution in [0, 0.1) is 6.92 Å². The topological polar surface area (TPSA) is 30.5 Å². The van der Waals surface area contributed by atoms with Gasteiger partial charge in [0.2, 0.25) is 0 Å². The molecule has 0 bridgehead atoms. The van der Waals surface area contributed by atoms with Gasteiger partial charge in [0.15, 0.2) is 0 Å². The first-order valence-electron chi connectivity index (χ1n) is 6.71. The second-order valence-electron chi connectivity index (χ2n) is 4.50. The summed E-state index contributed by atoms with van der Waals surface area (Å²) in [4.78, 5) is 1.31. The van der Waals surface area contributed by atoms with Crippen molar-refractivity contribution in [2.24, 2.45) is 0 Å². The zero-order valence-corrected chi connectivity index (χ0v) is 13.2. The highest BCUT2D eigenvalue weighted by atomic mass is 32.1. The Balaban J connectivity index is 2.57. The highest BCUT2D eigenvalue weighted by Crippen LogP contribution is 2.39. The van der Waals surface area contributed by atoms with Gasteiger partial charge in [-0.25, -0.2) is 0 Å². The third-order valence-electron chi connectivity index (χ3n) is 3.37. The molecule has 0 saturated heterocycles. The van der Waals surface area contributed by atoms with Crippen LogP contribution in [-0.2, 0) is 0 Å². The number of rotatable bonds is 6. The Morgan fingerprint density at radius 1 is 1.15 bits per heavy atom. The van der Waals surface area contributed by atoms with Crippen molar-refractivity contribution in [2.75, 3.05) is 20.8 Å². The predicted molar refractivity (Wildman–Crippen MR) is 84.1 cm³/mol. The Kier molecular flexibility index (Phi) is 5.04. The van der Waals surface area contributed by atoms with Crippen molar-refractivity contribution in [3.8, 4) is 11.5 Å². The molecule has 0 aliphatic rings. The maximum atomic E-state index is 5.54. The number of hydrogen-bond donors (Lipinski definition) is 1. The van der Waals surface area contributed by atoms with Crippen molar-refractivity contribution in [3.05, 3.63) is 45.6 Å². The van der Waals surface area contributed by atoms with Crippen molar-refractivity contribution in [2.45, 2.75) is 19.9 Å². The summed E-state index contributed by atoms with van der Waals surface area (Å²) in [6.07, 6.45) is 0. The number of hydrogen-bond acceptors (Lipinski definition) is 4. The van der Waals surface area contributed by atoms with Crippen LogP contribution in [-0.4, -0.2) is 20.8 Å². The van der Waals surface area contributed by atoms with Crippen LogP contribution >= 0.6 is 11.3 Å². The fourth-order valence-electron chi connectivity index (χ4n) is 2.43. The van der Waals surface area contributed by atoms with Crippen molar-refractivity contribution in [3.63, 3.8) is 0 Å². The molecule has 0 saturated carbocycles. The summed E-state index contributed by atoms with van der Waals surface area (Å²) in [5.41, 5.74) is 2.33. The molecule has 4 heteroatoms. The number of thiophene rings is 1. The molecule has 2 rings (SSSR count). The van der Waals surface area contributed by atoms with E-state index in [2.05, 4.69) is 30.6 Å². The predicted octanol–water partition coefficient (Wildman–Crippen LogP) is 3.77. The summed E-state index contributed by atoms with van der Waals surface area (Å²) in [6.45, 7) is 5.13. The fraction of sp³-hybridized carbons (Fsp3) is 0.375. The molecule has 0 fully saturated rings. The van der Waals surface area contributed by atoms with Crippen LogP contribution in [0.15, 0.2) is 29.6 Å². The average Bonchev–Trinajstić information content (AvgIpc) is 2.90. The molecule has 108 valence electrons. The second-order valence-corrected chi connectivity index (χ2v) is 5.62. The molecule has 1 N–H and O–H groups in total. The van der Waals surface area contributed by atoms with Gasteiger partial charge in [-0.3, -0.25) is 0 Å². The lowest BCUT2D eigenvalue weighted by Gasteiger charge is -2.23. The standard InChI is InChI=1S/C16H21NO2S/c1-5-17-16(12-9-10-20-11(12)2)15-13(18-3)7-6-8-14(15)19-4/h6-10,16-17H,5H2,1-4H3. The fourth-order valence-corrected chi connectivity index (χ4v) is 3.17. The van der Waals surface area contributed by atoms with Gasteiger partial charge in [-0.2, -0.15) is 0 Å². The van der Waals surface area contributed by atoms with Crippen molar-refractivity contribution in [1.29, 1.82) is 0 Å². The van der Waals surface area contributed by atoms with E-state index in [4.69, 9.17) is 9.47 Å². The molecule has 1 atom stereocenters. The molecule has 2 aromatic rings. The van der Waals surface area contributed by atoms with E-state index in [1.807, 2.05) is 18.2 Å². The molecule has 1 heterocycles. The van der Waals surface area contributed by atoms with E-state index in [1.54, 1.807) is 25.6 Å². The molecule has 3 nitrogen and oxygen atoms in total. The van der Waals surface area contributed by atoms with E-state index in [1.165, 1.54) is 10.4 Å². The summed E-state index contributed by atoms with van der Waals surface area (Å²) in [7, 11) is 3.39. The first kappa shape index (κ1) is 14.9. The maximum absolute atomic E-state index is 5.54. The van der Waals surface area contributed by atoms with Gasteiger partial charge >= 0.3 is 0 Å². The van der Waals surface area contributed by atoms with Crippen LogP contribution in [0.1, 0.15) is 29.0 Å². The smallest absolute Gasteiger partial charge is 0.127 e. The van der Waals surface area contributed by atoms with Crippen molar-refractivity contribution in [1.82, 2.24) is 5.32 Å². The monoisotopic (exact) mass is 291 g/mol. The van der Waals surface area contributed by atoms with Gasteiger partial charge < -0.3 is 14.8 Å². The largest absolute Gasteiger partial charge is 0.496 e. The molecule has 1 aromatic heterocycles. The highest BCUT2D eigenvalue weighted by Gasteiger charge is 2.23. The average molecular weight is 291 g/mol. The lowest BCUT2D eigenvalue weighted by Crippen LogP contribution is -2.23. The number of aryl methyl sites for hydroxylation is 1. The Morgan fingerprint density at radius 2 is 1.80 bits per heavy atom. The summed E-state index contributed by atoms with van der Waals surface area (Å²) in [6, 6.07) is 8.15. The summed E-state index contributed by atoms with van der Waals surface area (Å²) >= 11 is 1.76. The van der Waals surface area contributed by atoms with Crippen molar-refractivity contribution >= 4 is 11.3 Å². The molecular weight excluding hydrogens is 270 g/mol. The Hall–Kier alpha value is -1.52. The first-order chi connectivity index (χ1) is 9.72. The van der Waals surface area contributed by atoms with Crippen LogP contribution in [0.5, 0.6) is 11.5 Å².